The van der Waals surface area contributed by atoms with Crippen molar-refractivity contribution in [3.05, 3.63) is 28.8 Å². The Kier molecular flexibility index (Phi) is 4.41. The predicted octanol–water partition coefficient (Wildman–Crippen LogP) is 5.71. The van der Waals surface area contributed by atoms with E-state index in [-0.39, 0.29) is 5.02 Å². The highest BCUT2D eigenvalue weighted by Crippen LogP contribution is 2.37. The van der Waals surface area contributed by atoms with Crippen molar-refractivity contribution in [3.63, 3.8) is 0 Å². The Bertz CT molecular complexity index is 645. The summed E-state index contributed by atoms with van der Waals surface area (Å²) in [5.41, 5.74) is 1.54. The van der Waals surface area contributed by atoms with Gasteiger partial charge in [-0.1, -0.05) is 24.9 Å². The lowest BCUT2D eigenvalue weighted by atomic mass is 9.84. The standard InChI is InChI=1S/C16H19Cl2FN2/c1-2-10-3-5-11(6-4-10)21-15-7-12(18)13(19)8-14(15)20-16(21)9-17/h7-8,10-11H,2-6,9H2,1H3. The zero-order valence-electron chi connectivity index (χ0n) is 12.1. The lowest BCUT2D eigenvalue weighted by Crippen LogP contribution is -2.19. The van der Waals surface area contributed by atoms with Crippen LogP contribution in [0.4, 0.5) is 4.39 Å². The topological polar surface area (TPSA) is 17.8 Å². The molecule has 5 heteroatoms. The van der Waals surface area contributed by atoms with Crippen molar-refractivity contribution in [3.8, 4) is 0 Å². The number of hydrogen-bond donors (Lipinski definition) is 0. The summed E-state index contributed by atoms with van der Waals surface area (Å²) in [4.78, 5) is 4.48. The zero-order chi connectivity index (χ0) is 15.0. The van der Waals surface area contributed by atoms with Crippen molar-refractivity contribution in [2.75, 3.05) is 0 Å². The highest BCUT2D eigenvalue weighted by molar-refractivity contribution is 6.31. The molecular weight excluding hydrogens is 310 g/mol. The van der Waals surface area contributed by atoms with Crippen LogP contribution in [0.1, 0.15) is 50.9 Å². The van der Waals surface area contributed by atoms with Crippen LogP contribution in [-0.4, -0.2) is 9.55 Å². The monoisotopic (exact) mass is 328 g/mol. The molecule has 21 heavy (non-hydrogen) atoms. The summed E-state index contributed by atoms with van der Waals surface area (Å²) < 4.78 is 15.8. The SMILES string of the molecule is CCC1CCC(n2c(CCl)nc3cc(F)c(Cl)cc32)CC1. The fraction of sp³-hybridized carbons (Fsp3) is 0.562. The Balaban J connectivity index is 2.02. The molecule has 0 radical (unpaired) electrons. The van der Waals surface area contributed by atoms with E-state index < -0.39 is 5.82 Å². The summed E-state index contributed by atoms with van der Waals surface area (Å²) in [6, 6.07) is 3.48. The first-order valence-corrected chi connectivity index (χ1v) is 8.47. The van der Waals surface area contributed by atoms with E-state index in [0.717, 1.165) is 30.1 Å². The second-order valence-corrected chi connectivity index (χ2v) is 6.54. The van der Waals surface area contributed by atoms with Gasteiger partial charge in [0.05, 0.1) is 21.9 Å². The number of benzene rings is 1. The summed E-state index contributed by atoms with van der Waals surface area (Å²) in [6.45, 7) is 2.25. The number of rotatable bonds is 3. The fourth-order valence-electron chi connectivity index (χ4n) is 3.45. The second-order valence-electron chi connectivity index (χ2n) is 5.87. The largest absolute Gasteiger partial charge is 0.324 e. The van der Waals surface area contributed by atoms with E-state index in [1.807, 2.05) is 0 Å². The molecule has 1 aliphatic carbocycles. The van der Waals surface area contributed by atoms with Crippen LogP contribution >= 0.6 is 23.2 Å². The first kappa shape index (κ1) is 15.1. The second kappa shape index (κ2) is 6.13. The molecule has 1 aromatic carbocycles. The minimum absolute atomic E-state index is 0.145. The van der Waals surface area contributed by atoms with Crippen LogP contribution < -0.4 is 0 Å². The van der Waals surface area contributed by atoms with E-state index in [9.17, 15) is 4.39 Å². The number of hydrogen-bond acceptors (Lipinski definition) is 1. The van der Waals surface area contributed by atoms with Crippen LogP contribution in [0.15, 0.2) is 12.1 Å². The van der Waals surface area contributed by atoms with Crippen LogP contribution in [-0.2, 0) is 5.88 Å². The third-order valence-corrected chi connectivity index (χ3v) is 5.21. The van der Waals surface area contributed by atoms with E-state index >= 15 is 0 Å². The van der Waals surface area contributed by atoms with E-state index in [0.29, 0.717) is 17.4 Å². The third kappa shape index (κ3) is 2.78. The summed E-state index contributed by atoms with van der Waals surface area (Å²) in [7, 11) is 0. The molecule has 0 atom stereocenters. The number of fused-ring (bicyclic) bond motifs is 1. The molecule has 1 fully saturated rings. The van der Waals surface area contributed by atoms with Gasteiger partial charge in [0.1, 0.15) is 11.6 Å². The third-order valence-electron chi connectivity index (χ3n) is 4.68. The average Bonchev–Trinajstić information content (AvgIpc) is 2.85. The number of imidazole rings is 1. The van der Waals surface area contributed by atoms with Gasteiger partial charge in [0.2, 0.25) is 0 Å². The van der Waals surface area contributed by atoms with Crippen LogP contribution in [0.3, 0.4) is 0 Å². The molecule has 0 spiro atoms. The Labute approximate surface area is 134 Å². The average molecular weight is 329 g/mol. The number of nitrogens with zero attached hydrogens (tertiary/aromatic N) is 2. The molecule has 2 aromatic rings. The smallest absolute Gasteiger partial charge is 0.144 e. The molecule has 0 saturated heterocycles. The molecule has 1 aromatic heterocycles. The number of halogens is 3. The van der Waals surface area contributed by atoms with Crippen LogP contribution in [0.25, 0.3) is 11.0 Å². The van der Waals surface area contributed by atoms with Gasteiger partial charge in [-0.25, -0.2) is 9.37 Å². The molecule has 1 saturated carbocycles. The molecule has 0 unspecified atom stereocenters. The summed E-state index contributed by atoms with van der Waals surface area (Å²) in [5, 5.41) is 0.145. The van der Waals surface area contributed by atoms with Gasteiger partial charge < -0.3 is 4.57 Å². The molecule has 0 amide bonds. The molecule has 0 aliphatic heterocycles. The molecular formula is C16H19Cl2FN2. The minimum Gasteiger partial charge on any atom is -0.324 e. The fourth-order valence-corrected chi connectivity index (χ4v) is 3.80. The summed E-state index contributed by atoms with van der Waals surface area (Å²) >= 11 is 12.0. The highest BCUT2D eigenvalue weighted by Gasteiger charge is 2.25. The minimum atomic E-state index is -0.426. The molecule has 0 N–H and O–H groups in total. The van der Waals surface area contributed by atoms with Crippen molar-refractivity contribution in [1.82, 2.24) is 9.55 Å². The normalized spacial score (nSPS) is 22.9. The molecule has 0 bridgehead atoms. The maximum Gasteiger partial charge on any atom is 0.144 e. The van der Waals surface area contributed by atoms with Crippen molar-refractivity contribution in [2.24, 2.45) is 5.92 Å². The van der Waals surface area contributed by atoms with Gasteiger partial charge in [-0.15, -0.1) is 11.6 Å². The number of aromatic nitrogens is 2. The Morgan fingerprint density at radius 2 is 2.00 bits per heavy atom. The van der Waals surface area contributed by atoms with Gasteiger partial charge >= 0.3 is 0 Å². The van der Waals surface area contributed by atoms with E-state index in [2.05, 4.69) is 16.5 Å². The van der Waals surface area contributed by atoms with E-state index in [1.54, 1.807) is 6.07 Å². The molecule has 1 aliphatic rings. The van der Waals surface area contributed by atoms with Crippen LogP contribution in [0.2, 0.25) is 5.02 Å². The van der Waals surface area contributed by atoms with Crippen LogP contribution in [0, 0.1) is 11.7 Å². The van der Waals surface area contributed by atoms with Gasteiger partial charge in [-0.05, 0) is 37.7 Å². The Morgan fingerprint density at radius 3 is 2.62 bits per heavy atom. The summed E-state index contributed by atoms with van der Waals surface area (Å²) in [6.07, 6.45) is 5.97. The quantitative estimate of drug-likeness (QED) is 0.660. The lowest BCUT2D eigenvalue weighted by Gasteiger charge is -2.30. The first-order valence-electron chi connectivity index (χ1n) is 7.55. The van der Waals surface area contributed by atoms with Gasteiger partial charge in [-0.3, -0.25) is 0 Å². The maximum atomic E-state index is 13.6. The molecule has 114 valence electrons. The van der Waals surface area contributed by atoms with Gasteiger partial charge in [-0.2, -0.15) is 0 Å². The number of alkyl halides is 1. The van der Waals surface area contributed by atoms with Gasteiger partial charge in [0.25, 0.3) is 0 Å². The molecule has 1 heterocycles. The zero-order valence-corrected chi connectivity index (χ0v) is 13.6. The van der Waals surface area contributed by atoms with Crippen molar-refractivity contribution in [1.29, 1.82) is 0 Å². The van der Waals surface area contributed by atoms with Gasteiger partial charge in [0, 0.05) is 12.1 Å². The molecule has 3 rings (SSSR count). The Morgan fingerprint density at radius 1 is 1.29 bits per heavy atom. The first-order chi connectivity index (χ1) is 10.1. The lowest BCUT2D eigenvalue weighted by molar-refractivity contribution is 0.270. The van der Waals surface area contributed by atoms with Crippen molar-refractivity contribution in [2.45, 2.75) is 50.9 Å². The van der Waals surface area contributed by atoms with Crippen LogP contribution in [0.5, 0.6) is 0 Å². The highest BCUT2D eigenvalue weighted by atomic mass is 35.5. The van der Waals surface area contributed by atoms with E-state index in [4.69, 9.17) is 23.2 Å². The Hall–Kier alpha value is -0.800. The van der Waals surface area contributed by atoms with E-state index in [1.165, 1.54) is 25.3 Å². The molecule has 2 nitrogen and oxygen atoms in total. The van der Waals surface area contributed by atoms with Crippen molar-refractivity contribution >= 4 is 34.2 Å². The predicted molar refractivity (Wildman–Crippen MR) is 85.5 cm³/mol. The van der Waals surface area contributed by atoms with Crippen molar-refractivity contribution < 1.29 is 4.39 Å². The maximum absolute atomic E-state index is 13.6. The van der Waals surface area contributed by atoms with Gasteiger partial charge in [0.15, 0.2) is 0 Å². The summed E-state index contributed by atoms with van der Waals surface area (Å²) in [5.74, 6) is 1.55.